The average Bonchev–Trinajstić information content (AvgIpc) is 2.02. The molecule has 0 N–H and O–H groups in total. The molecule has 0 spiro atoms. The molecule has 0 aromatic heterocycles. The van der Waals surface area contributed by atoms with Crippen LogP contribution in [0.1, 0.15) is 34.6 Å². The summed E-state index contributed by atoms with van der Waals surface area (Å²) in [5.74, 6) is -1.39. The van der Waals surface area contributed by atoms with Crippen LogP contribution in [0.4, 0.5) is 0 Å². The van der Waals surface area contributed by atoms with Gasteiger partial charge in [-0.2, -0.15) is 0 Å². The average molecular weight is 212 g/mol. The van der Waals surface area contributed by atoms with E-state index in [9.17, 15) is 9.59 Å². The molecule has 0 amide bonds. The van der Waals surface area contributed by atoms with Gasteiger partial charge in [-0.25, -0.2) is 0 Å². The number of carbonyl (C=O) groups is 2. The molecule has 0 saturated carbocycles. The fourth-order valence-electron chi connectivity index (χ4n) is 1.44. The van der Waals surface area contributed by atoms with Gasteiger partial charge in [-0.1, -0.05) is 26.0 Å². The summed E-state index contributed by atoms with van der Waals surface area (Å²) < 4.78 is 4.90. The number of hydrogen-bond acceptors (Lipinski definition) is 3. The highest BCUT2D eigenvalue weighted by molar-refractivity contribution is 5.99. The molecule has 0 heterocycles. The fourth-order valence-corrected chi connectivity index (χ4v) is 1.44. The van der Waals surface area contributed by atoms with Gasteiger partial charge in [0.25, 0.3) is 0 Å². The number of rotatable bonds is 5. The second kappa shape index (κ2) is 5.10. The fraction of sp³-hybridized carbons (Fsp3) is 0.667. The molecule has 3 nitrogen and oxygen atoms in total. The van der Waals surface area contributed by atoms with Gasteiger partial charge in [0, 0.05) is 5.41 Å². The molecule has 0 aromatic rings. The van der Waals surface area contributed by atoms with E-state index in [0.717, 1.165) is 5.57 Å². The Balaban J connectivity index is 5.06. The summed E-state index contributed by atoms with van der Waals surface area (Å²) in [6.45, 7) is 12.7. The Bertz CT molecular complexity index is 277. The summed E-state index contributed by atoms with van der Waals surface area (Å²) in [6.07, 6.45) is 0. The molecule has 1 unspecified atom stereocenters. The SMILES string of the molecule is C=C(C)C(C)(C)C(C(C)=O)C(=O)OCC. The number of ether oxygens (including phenoxy) is 1. The van der Waals surface area contributed by atoms with Crippen molar-refractivity contribution in [3.05, 3.63) is 12.2 Å². The summed E-state index contributed by atoms with van der Waals surface area (Å²) in [7, 11) is 0. The van der Waals surface area contributed by atoms with Gasteiger partial charge in [-0.15, -0.1) is 0 Å². The number of allylic oxidation sites excluding steroid dienone is 1. The van der Waals surface area contributed by atoms with E-state index in [2.05, 4.69) is 6.58 Å². The minimum Gasteiger partial charge on any atom is -0.465 e. The smallest absolute Gasteiger partial charge is 0.317 e. The molecule has 1 atom stereocenters. The van der Waals surface area contributed by atoms with Gasteiger partial charge in [-0.05, 0) is 20.8 Å². The van der Waals surface area contributed by atoms with E-state index in [1.54, 1.807) is 6.92 Å². The lowest BCUT2D eigenvalue weighted by molar-refractivity contribution is -0.154. The first-order valence-corrected chi connectivity index (χ1v) is 5.08. The highest BCUT2D eigenvalue weighted by Gasteiger charge is 2.40. The largest absolute Gasteiger partial charge is 0.465 e. The molecule has 0 bridgehead atoms. The third-order valence-corrected chi connectivity index (χ3v) is 2.75. The Morgan fingerprint density at radius 2 is 1.80 bits per heavy atom. The van der Waals surface area contributed by atoms with E-state index in [-0.39, 0.29) is 12.4 Å². The number of ketones is 1. The van der Waals surface area contributed by atoms with Crippen LogP contribution in [-0.4, -0.2) is 18.4 Å². The van der Waals surface area contributed by atoms with Gasteiger partial charge in [0.05, 0.1) is 6.61 Å². The maximum absolute atomic E-state index is 11.7. The molecule has 0 rings (SSSR count). The molecule has 15 heavy (non-hydrogen) atoms. The van der Waals surface area contributed by atoms with Crippen molar-refractivity contribution in [3.63, 3.8) is 0 Å². The summed E-state index contributed by atoms with van der Waals surface area (Å²) in [6, 6.07) is 0. The van der Waals surface area contributed by atoms with Crippen LogP contribution in [0.2, 0.25) is 0 Å². The highest BCUT2D eigenvalue weighted by atomic mass is 16.5. The Morgan fingerprint density at radius 3 is 2.07 bits per heavy atom. The minimum absolute atomic E-state index is 0.179. The summed E-state index contributed by atoms with van der Waals surface area (Å²) >= 11 is 0. The lowest BCUT2D eigenvalue weighted by atomic mass is 9.72. The first-order valence-electron chi connectivity index (χ1n) is 5.08. The van der Waals surface area contributed by atoms with Crippen molar-refractivity contribution in [2.75, 3.05) is 6.61 Å². The summed E-state index contributed by atoms with van der Waals surface area (Å²) in [5.41, 5.74) is 0.244. The maximum atomic E-state index is 11.7. The molecule has 0 radical (unpaired) electrons. The molecule has 0 aromatic carbocycles. The second-order valence-corrected chi connectivity index (χ2v) is 4.30. The molecular formula is C12H20O3. The first-order chi connectivity index (χ1) is 6.75. The number of hydrogen-bond donors (Lipinski definition) is 0. The van der Waals surface area contributed by atoms with Crippen LogP contribution >= 0.6 is 0 Å². The zero-order valence-corrected chi connectivity index (χ0v) is 10.2. The van der Waals surface area contributed by atoms with Crippen molar-refractivity contribution in [2.45, 2.75) is 34.6 Å². The van der Waals surface area contributed by atoms with Crippen LogP contribution in [0.15, 0.2) is 12.2 Å². The van der Waals surface area contributed by atoms with Gasteiger partial charge in [0.2, 0.25) is 0 Å². The molecule has 86 valence electrons. The number of esters is 1. The van der Waals surface area contributed by atoms with E-state index in [4.69, 9.17) is 4.74 Å². The normalized spacial score (nSPS) is 13.1. The van der Waals surface area contributed by atoms with Gasteiger partial charge in [0.15, 0.2) is 0 Å². The topological polar surface area (TPSA) is 43.4 Å². The van der Waals surface area contributed by atoms with Crippen molar-refractivity contribution >= 4 is 11.8 Å². The molecule has 0 aliphatic rings. The van der Waals surface area contributed by atoms with Crippen molar-refractivity contribution < 1.29 is 14.3 Å². The van der Waals surface area contributed by atoms with Gasteiger partial charge < -0.3 is 4.74 Å². The molecule has 0 aliphatic carbocycles. The van der Waals surface area contributed by atoms with Crippen molar-refractivity contribution in [1.29, 1.82) is 0 Å². The van der Waals surface area contributed by atoms with E-state index >= 15 is 0 Å². The van der Waals surface area contributed by atoms with Crippen LogP contribution in [0.5, 0.6) is 0 Å². The monoisotopic (exact) mass is 212 g/mol. The van der Waals surface area contributed by atoms with Crippen molar-refractivity contribution in [1.82, 2.24) is 0 Å². The van der Waals surface area contributed by atoms with Gasteiger partial charge in [-0.3, -0.25) is 9.59 Å². The van der Waals surface area contributed by atoms with Gasteiger partial charge >= 0.3 is 5.97 Å². The second-order valence-electron chi connectivity index (χ2n) is 4.30. The lowest BCUT2D eigenvalue weighted by Gasteiger charge is -2.31. The predicted molar refractivity (Wildman–Crippen MR) is 59.4 cm³/mol. The van der Waals surface area contributed by atoms with Crippen molar-refractivity contribution in [2.24, 2.45) is 11.3 Å². The van der Waals surface area contributed by atoms with Crippen LogP contribution in [0.3, 0.4) is 0 Å². The third-order valence-electron chi connectivity index (χ3n) is 2.75. The molecular weight excluding hydrogens is 192 g/mol. The molecule has 3 heteroatoms. The minimum atomic E-state index is -0.755. The van der Waals surface area contributed by atoms with Crippen LogP contribution in [-0.2, 0) is 14.3 Å². The van der Waals surface area contributed by atoms with Crippen LogP contribution in [0, 0.1) is 11.3 Å². The lowest BCUT2D eigenvalue weighted by Crippen LogP contribution is -2.38. The standard InChI is InChI=1S/C12H20O3/c1-7-15-11(14)10(9(4)13)12(5,6)8(2)3/h10H,2,7H2,1,3-6H3. The van der Waals surface area contributed by atoms with E-state index in [1.807, 2.05) is 20.8 Å². The molecule has 0 fully saturated rings. The number of Topliss-reactive ketones (excluding diaryl/α,β-unsaturated/α-hetero) is 1. The summed E-state index contributed by atoms with van der Waals surface area (Å²) in [5, 5.41) is 0. The Labute approximate surface area is 91.5 Å². The highest BCUT2D eigenvalue weighted by Crippen LogP contribution is 2.35. The zero-order valence-electron chi connectivity index (χ0n) is 10.2. The first kappa shape index (κ1) is 13.9. The quantitative estimate of drug-likeness (QED) is 0.399. The van der Waals surface area contributed by atoms with E-state index in [1.165, 1.54) is 6.92 Å². The molecule has 0 saturated heterocycles. The van der Waals surface area contributed by atoms with Crippen molar-refractivity contribution in [3.8, 4) is 0 Å². The zero-order chi connectivity index (χ0) is 12.2. The third kappa shape index (κ3) is 3.18. The number of carbonyl (C=O) groups excluding carboxylic acids is 2. The molecule has 0 aliphatic heterocycles. The van der Waals surface area contributed by atoms with Crippen LogP contribution < -0.4 is 0 Å². The predicted octanol–water partition coefficient (Wildman–Crippen LogP) is 2.36. The Morgan fingerprint density at radius 1 is 1.33 bits per heavy atom. The van der Waals surface area contributed by atoms with Gasteiger partial charge in [0.1, 0.15) is 11.7 Å². The maximum Gasteiger partial charge on any atom is 0.317 e. The van der Waals surface area contributed by atoms with Crippen LogP contribution in [0.25, 0.3) is 0 Å². The van der Waals surface area contributed by atoms with E-state index < -0.39 is 17.3 Å². The Hall–Kier alpha value is -1.12. The van der Waals surface area contributed by atoms with E-state index in [0.29, 0.717) is 0 Å². The Kier molecular flexibility index (Phi) is 4.72. The summed E-state index contributed by atoms with van der Waals surface area (Å²) in [4.78, 5) is 23.1.